The third-order valence-corrected chi connectivity index (χ3v) is 3.90. The van der Waals surface area contributed by atoms with E-state index in [0.717, 1.165) is 11.6 Å². The van der Waals surface area contributed by atoms with Crippen molar-refractivity contribution in [1.82, 2.24) is 10.2 Å². The Morgan fingerprint density at radius 1 is 1.23 bits per heavy atom. The van der Waals surface area contributed by atoms with E-state index in [1.54, 1.807) is 24.3 Å². The molecule has 136 valence electrons. The zero-order valence-electron chi connectivity index (χ0n) is 14.3. The van der Waals surface area contributed by atoms with Gasteiger partial charge in [-0.15, -0.1) is 0 Å². The summed E-state index contributed by atoms with van der Waals surface area (Å²) in [5.41, 5.74) is 0.472. The largest absolute Gasteiger partial charge is 0.416 e. The standard InChI is InChI=1S/C19H18F3N3O/c1-13(16-8-3-4-9-17(16)19(20,21)22)24-18(26)25(2)12-15-7-5-6-14(10-15)11-23/h3-10,13H,12H2,1-2H3,(H,24,26). The van der Waals surface area contributed by atoms with Gasteiger partial charge in [-0.05, 0) is 36.2 Å². The van der Waals surface area contributed by atoms with Crippen LogP contribution in [0.3, 0.4) is 0 Å². The molecule has 0 aliphatic rings. The summed E-state index contributed by atoms with van der Waals surface area (Å²) in [5.74, 6) is 0. The lowest BCUT2D eigenvalue weighted by atomic mass is 10.0. The monoisotopic (exact) mass is 361 g/mol. The number of nitriles is 1. The Labute approximate surface area is 149 Å². The number of nitrogens with zero attached hydrogens (tertiary/aromatic N) is 2. The summed E-state index contributed by atoms with van der Waals surface area (Å²) in [7, 11) is 1.54. The fourth-order valence-corrected chi connectivity index (χ4v) is 2.59. The van der Waals surface area contributed by atoms with Gasteiger partial charge < -0.3 is 10.2 Å². The predicted molar refractivity (Wildman–Crippen MR) is 91.0 cm³/mol. The van der Waals surface area contributed by atoms with Crippen molar-refractivity contribution >= 4 is 6.03 Å². The fraction of sp³-hybridized carbons (Fsp3) is 0.263. The summed E-state index contributed by atoms with van der Waals surface area (Å²) in [5, 5.41) is 11.5. The molecule has 0 radical (unpaired) electrons. The summed E-state index contributed by atoms with van der Waals surface area (Å²) in [6.07, 6.45) is -4.49. The smallest absolute Gasteiger partial charge is 0.331 e. The van der Waals surface area contributed by atoms with Crippen LogP contribution in [-0.4, -0.2) is 18.0 Å². The van der Waals surface area contributed by atoms with Gasteiger partial charge in [0.05, 0.1) is 23.2 Å². The molecule has 0 aromatic heterocycles. The summed E-state index contributed by atoms with van der Waals surface area (Å²) in [6, 6.07) is 12.7. The van der Waals surface area contributed by atoms with Crippen LogP contribution >= 0.6 is 0 Å². The highest BCUT2D eigenvalue weighted by Gasteiger charge is 2.34. The van der Waals surface area contributed by atoms with Crippen LogP contribution < -0.4 is 5.32 Å². The lowest BCUT2D eigenvalue weighted by Crippen LogP contribution is -2.38. The summed E-state index contributed by atoms with van der Waals surface area (Å²) < 4.78 is 39.3. The number of hydrogen-bond acceptors (Lipinski definition) is 2. The number of rotatable bonds is 4. The molecule has 1 N–H and O–H groups in total. The third kappa shape index (κ3) is 4.76. The van der Waals surface area contributed by atoms with Crippen molar-refractivity contribution in [3.63, 3.8) is 0 Å². The number of alkyl halides is 3. The topological polar surface area (TPSA) is 56.1 Å². The Kier molecular flexibility index (Phi) is 5.88. The van der Waals surface area contributed by atoms with Crippen molar-refractivity contribution in [2.75, 3.05) is 7.05 Å². The number of halogens is 3. The van der Waals surface area contributed by atoms with Crippen molar-refractivity contribution in [1.29, 1.82) is 5.26 Å². The van der Waals surface area contributed by atoms with Crippen molar-refractivity contribution in [3.8, 4) is 6.07 Å². The van der Waals surface area contributed by atoms with Crippen molar-refractivity contribution in [3.05, 3.63) is 70.8 Å². The molecule has 0 saturated carbocycles. The number of hydrogen-bond donors (Lipinski definition) is 1. The number of carbonyl (C=O) groups excluding carboxylic acids is 1. The quantitative estimate of drug-likeness (QED) is 0.873. The lowest BCUT2D eigenvalue weighted by Gasteiger charge is -2.23. The minimum absolute atomic E-state index is 0.00762. The zero-order chi connectivity index (χ0) is 19.3. The Bertz CT molecular complexity index is 827. The lowest BCUT2D eigenvalue weighted by molar-refractivity contribution is -0.138. The van der Waals surface area contributed by atoms with Crippen LogP contribution in [0, 0.1) is 11.3 Å². The van der Waals surface area contributed by atoms with Crippen LogP contribution in [0.4, 0.5) is 18.0 Å². The maximum absolute atomic E-state index is 13.1. The second-order valence-electron chi connectivity index (χ2n) is 5.92. The minimum Gasteiger partial charge on any atom is -0.331 e. The van der Waals surface area contributed by atoms with E-state index in [0.29, 0.717) is 5.56 Å². The van der Waals surface area contributed by atoms with E-state index >= 15 is 0 Å². The molecule has 2 rings (SSSR count). The van der Waals surface area contributed by atoms with Crippen LogP contribution in [0.5, 0.6) is 0 Å². The number of carbonyl (C=O) groups is 1. The van der Waals surface area contributed by atoms with Crippen LogP contribution in [0.1, 0.15) is 35.2 Å². The number of urea groups is 1. The summed E-state index contributed by atoms with van der Waals surface area (Å²) in [4.78, 5) is 13.7. The molecule has 0 spiro atoms. The second kappa shape index (κ2) is 7.91. The molecule has 0 heterocycles. The summed E-state index contributed by atoms with van der Waals surface area (Å²) >= 11 is 0. The Morgan fingerprint density at radius 2 is 1.92 bits per heavy atom. The molecule has 4 nitrogen and oxygen atoms in total. The van der Waals surface area contributed by atoms with Gasteiger partial charge in [-0.25, -0.2) is 4.79 Å². The molecule has 1 unspecified atom stereocenters. The van der Waals surface area contributed by atoms with Crippen molar-refractivity contribution in [2.24, 2.45) is 0 Å². The van der Waals surface area contributed by atoms with Crippen molar-refractivity contribution in [2.45, 2.75) is 25.7 Å². The maximum atomic E-state index is 13.1. The highest BCUT2D eigenvalue weighted by molar-refractivity contribution is 5.74. The number of benzene rings is 2. The van der Waals surface area contributed by atoms with E-state index in [2.05, 4.69) is 5.32 Å². The first kappa shape index (κ1) is 19.3. The van der Waals surface area contributed by atoms with Gasteiger partial charge in [-0.1, -0.05) is 30.3 Å². The van der Waals surface area contributed by atoms with Crippen LogP contribution in [0.2, 0.25) is 0 Å². The van der Waals surface area contributed by atoms with E-state index in [1.165, 1.54) is 37.1 Å². The first-order chi connectivity index (χ1) is 12.2. The molecule has 0 bridgehead atoms. The van der Waals surface area contributed by atoms with Gasteiger partial charge in [0.1, 0.15) is 0 Å². The van der Waals surface area contributed by atoms with E-state index in [1.807, 2.05) is 6.07 Å². The normalized spacial score (nSPS) is 12.2. The number of amides is 2. The Balaban J connectivity index is 2.08. The van der Waals surface area contributed by atoms with Crippen LogP contribution in [0.15, 0.2) is 48.5 Å². The molecule has 7 heteroatoms. The zero-order valence-corrected chi connectivity index (χ0v) is 14.3. The van der Waals surface area contributed by atoms with Crippen LogP contribution in [0.25, 0.3) is 0 Å². The Hall–Kier alpha value is -3.01. The molecule has 0 aliphatic heterocycles. The molecular weight excluding hydrogens is 343 g/mol. The first-order valence-corrected chi connectivity index (χ1v) is 7.89. The van der Waals surface area contributed by atoms with Gasteiger partial charge in [0.15, 0.2) is 0 Å². The van der Waals surface area contributed by atoms with Gasteiger partial charge in [0.2, 0.25) is 0 Å². The molecule has 2 aromatic rings. The van der Waals surface area contributed by atoms with E-state index in [-0.39, 0.29) is 12.1 Å². The van der Waals surface area contributed by atoms with E-state index < -0.39 is 23.8 Å². The van der Waals surface area contributed by atoms with Gasteiger partial charge in [0.25, 0.3) is 0 Å². The number of nitrogens with one attached hydrogen (secondary N) is 1. The molecule has 2 amide bonds. The maximum Gasteiger partial charge on any atom is 0.416 e. The molecule has 1 atom stereocenters. The van der Waals surface area contributed by atoms with Gasteiger partial charge >= 0.3 is 12.2 Å². The molecule has 0 saturated heterocycles. The average molecular weight is 361 g/mol. The third-order valence-electron chi connectivity index (χ3n) is 3.90. The highest BCUT2D eigenvalue weighted by atomic mass is 19.4. The molecular formula is C19H18F3N3O. The molecule has 2 aromatic carbocycles. The highest BCUT2D eigenvalue weighted by Crippen LogP contribution is 2.34. The SMILES string of the molecule is CC(NC(=O)N(C)Cc1cccc(C#N)c1)c1ccccc1C(F)(F)F. The van der Waals surface area contributed by atoms with Crippen LogP contribution in [-0.2, 0) is 12.7 Å². The van der Waals surface area contributed by atoms with E-state index in [9.17, 15) is 18.0 Å². The van der Waals surface area contributed by atoms with Crippen molar-refractivity contribution < 1.29 is 18.0 Å². The minimum atomic E-state index is -4.49. The fourth-order valence-electron chi connectivity index (χ4n) is 2.59. The Morgan fingerprint density at radius 3 is 2.58 bits per heavy atom. The van der Waals surface area contributed by atoms with E-state index in [4.69, 9.17) is 5.26 Å². The first-order valence-electron chi connectivity index (χ1n) is 7.89. The molecule has 0 aliphatic carbocycles. The predicted octanol–water partition coefficient (Wildman–Crippen LogP) is 4.48. The molecule has 0 fully saturated rings. The van der Waals surface area contributed by atoms with Gasteiger partial charge in [0, 0.05) is 13.6 Å². The van der Waals surface area contributed by atoms with Gasteiger partial charge in [-0.2, -0.15) is 18.4 Å². The average Bonchev–Trinajstić information content (AvgIpc) is 2.61. The molecule has 26 heavy (non-hydrogen) atoms. The van der Waals surface area contributed by atoms with Gasteiger partial charge in [-0.3, -0.25) is 0 Å². The summed E-state index contributed by atoms with van der Waals surface area (Å²) in [6.45, 7) is 1.74. The second-order valence-corrected chi connectivity index (χ2v) is 5.92.